The van der Waals surface area contributed by atoms with Crippen molar-refractivity contribution in [1.82, 2.24) is 19.2 Å². The molecule has 0 radical (unpaired) electrons. The summed E-state index contributed by atoms with van der Waals surface area (Å²) in [6.45, 7) is 1.74. The summed E-state index contributed by atoms with van der Waals surface area (Å²) in [5, 5.41) is 2.34. The molecule has 6 nitrogen and oxygen atoms in total. The van der Waals surface area contributed by atoms with Crippen molar-refractivity contribution in [2.24, 2.45) is 0 Å². The van der Waals surface area contributed by atoms with Crippen molar-refractivity contribution >= 4 is 20.8 Å². The maximum absolute atomic E-state index is 13.3. The second kappa shape index (κ2) is 8.50. The normalized spacial score (nSPS) is 18.2. The second-order valence-corrected chi connectivity index (χ2v) is 10.3. The highest BCUT2D eigenvalue weighted by atomic mass is 32.2. The molecule has 1 aliphatic rings. The van der Waals surface area contributed by atoms with Crippen molar-refractivity contribution in [3.63, 3.8) is 0 Å². The number of nitrogens with zero attached hydrogens (tertiary/aromatic N) is 3. The number of imidazole rings is 1. The first kappa shape index (κ1) is 20.9. The van der Waals surface area contributed by atoms with E-state index in [9.17, 15) is 8.42 Å². The molecular formula is C25H26N4O2S. The number of aromatic amines is 1. The predicted molar refractivity (Wildman–Crippen MR) is 128 cm³/mol. The van der Waals surface area contributed by atoms with Crippen LogP contribution in [-0.2, 0) is 15.8 Å². The van der Waals surface area contributed by atoms with Gasteiger partial charge in [-0.1, -0.05) is 66.7 Å². The molecule has 1 fully saturated rings. The standard InChI is InChI=1S/C25H26N4O2S/c1-28-13-14-29(32(30,31)18-19-7-3-2-4-8-19)24(17-28)25-26-16-23(27-25)22-12-11-20-9-5-6-10-21(20)15-22/h2-12,15-16,24H,13-14,17-18H2,1H3,(H,26,27). The van der Waals surface area contributed by atoms with Crippen LogP contribution in [0.25, 0.3) is 22.0 Å². The molecule has 4 aromatic rings. The Morgan fingerprint density at radius 3 is 2.53 bits per heavy atom. The minimum Gasteiger partial charge on any atom is -0.341 e. The molecule has 1 aliphatic heterocycles. The summed E-state index contributed by atoms with van der Waals surface area (Å²) < 4.78 is 28.3. The fourth-order valence-corrected chi connectivity index (χ4v) is 6.03. The van der Waals surface area contributed by atoms with Gasteiger partial charge in [0.15, 0.2) is 0 Å². The van der Waals surface area contributed by atoms with Crippen LogP contribution in [0.4, 0.5) is 0 Å². The third-order valence-electron chi connectivity index (χ3n) is 6.06. The second-order valence-electron chi connectivity index (χ2n) is 8.37. The molecule has 0 bridgehead atoms. The van der Waals surface area contributed by atoms with E-state index in [0.29, 0.717) is 25.5 Å². The topological polar surface area (TPSA) is 69.3 Å². The van der Waals surface area contributed by atoms with Crippen LogP contribution in [0.3, 0.4) is 0 Å². The number of rotatable bonds is 5. The molecule has 2 heterocycles. The van der Waals surface area contributed by atoms with E-state index < -0.39 is 10.0 Å². The highest BCUT2D eigenvalue weighted by Crippen LogP contribution is 2.30. The summed E-state index contributed by atoms with van der Waals surface area (Å²) in [6.07, 6.45) is 1.80. The SMILES string of the molecule is CN1CCN(S(=O)(=O)Cc2ccccc2)C(c2ncc(-c3ccc4ccccc4c3)[nH]2)C1. The highest BCUT2D eigenvalue weighted by Gasteiger charge is 2.36. The van der Waals surface area contributed by atoms with E-state index in [2.05, 4.69) is 45.2 Å². The van der Waals surface area contributed by atoms with Gasteiger partial charge in [-0.05, 0) is 29.4 Å². The minimum atomic E-state index is -3.49. The average Bonchev–Trinajstić information content (AvgIpc) is 3.29. The minimum absolute atomic E-state index is 0.00764. The lowest BCUT2D eigenvalue weighted by molar-refractivity contribution is 0.155. The van der Waals surface area contributed by atoms with Crippen LogP contribution in [0, 0.1) is 0 Å². The van der Waals surface area contributed by atoms with E-state index >= 15 is 0 Å². The van der Waals surface area contributed by atoms with Gasteiger partial charge in [-0.2, -0.15) is 4.31 Å². The van der Waals surface area contributed by atoms with Crippen LogP contribution in [0.1, 0.15) is 17.4 Å². The maximum atomic E-state index is 13.3. The summed E-state index contributed by atoms with van der Waals surface area (Å²) in [6, 6.07) is 23.5. The molecule has 1 atom stereocenters. The Morgan fingerprint density at radius 1 is 0.969 bits per heavy atom. The van der Waals surface area contributed by atoms with Gasteiger partial charge in [-0.3, -0.25) is 0 Å². The Hall–Kier alpha value is -3.00. The molecule has 1 saturated heterocycles. The first-order chi connectivity index (χ1) is 15.5. The zero-order valence-corrected chi connectivity index (χ0v) is 18.8. The molecule has 7 heteroatoms. The highest BCUT2D eigenvalue weighted by molar-refractivity contribution is 7.88. The molecule has 1 aromatic heterocycles. The predicted octanol–water partition coefficient (Wildman–Crippen LogP) is 4.05. The van der Waals surface area contributed by atoms with Gasteiger partial charge in [0.1, 0.15) is 5.82 Å². The Morgan fingerprint density at radius 2 is 1.72 bits per heavy atom. The van der Waals surface area contributed by atoms with Crippen LogP contribution >= 0.6 is 0 Å². The van der Waals surface area contributed by atoms with Crippen molar-refractivity contribution < 1.29 is 8.42 Å². The third-order valence-corrected chi connectivity index (χ3v) is 7.90. The van der Waals surface area contributed by atoms with E-state index in [1.165, 1.54) is 5.39 Å². The lowest BCUT2D eigenvalue weighted by Gasteiger charge is -2.38. The quantitative estimate of drug-likeness (QED) is 0.502. The summed E-state index contributed by atoms with van der Waals surface area (Å²) >= 11 is 0. The van der Waals surface area contributed by atoms with E-state index in [0.717, 1.165) is 22.2 Å². The molecule has 0 spiro atoms. The lowest BCUT2D eigenvalue weighted by Crippen LogP contribution is -2.49. The number of aromatic nitrogens is 2. The maximum Gasteiger partial charge on any atom is 0.219 e. The van der Waals surface area contributed by atoms with Crippen molar-refractivity contribution in [1.29, 1.82) is 0 Å². The van der Waals surface area contributed by atoms with Crippen LogP contribution in [-0.4, -0.2) is 54.3 Å². The average molecular weight is 447 g/mol. The molecule has 0 amide bonds. The number of hydrogen-bond donors (Lipinski definition) is 1. The Labute approximate surface area is 188 Å². The smallest absolute Gasteiger partial charge is 0.219 e. The zero-order valence-electron chi connectivity index (χ0n) is 18.0. The molecule has 1 unspecified atom stereocenters. The van der Waals surface area contributed by atoms with Gasteiger partial charge in [0.2, 0.25) is 10.0 Å². The van der Waals surface area contributed by atoms with Crippen LogP contribution in [0.15, 0.2) is 79.0 Å². The molecule has 5 rings (SSSR count). The van der Waals surface area contributed by atoms with E-state index in [4.69, 9.17) is 0 Å². The number of nitrogens with one attached hydrogen (secondary N) is 1. The Bertz CT molecular complexity index is 1330. The molecular weight excluding hydrogens is 420 g/mol. The number of fused-ring (bicyclic) bond motifs is 1. The van der Waals surface area contributed by atoms with Gasteiger partial charge in [-0.15, -0.1) is 0 Å². The number of likely N-dealkylation sites (N-methyl/N-ethyl adjacent to an activating group) is 1. The summed E-state index contributed by atoms with van der Waals surface area (Å²) in [5.41, 5.74) is 2.71. The summed E-state index contributed by atoms with van der Waals surface area (Å²) in [4.78, 5) is 10.2. The third kappa shape index (κ3) is 4.19. The van der Waals surface area contributed by atoms with E-state index in [1.54, 1.807) is 10.5 Å². The number of sulfonamides is 1. The first-order valence-electron chi connectivity index (χ1n) is 10.8. The van der Waals surface area contributed by atoms with Crippen molar-refractivity contribution in [3.8, 4) is 11.3 Å². The first-order valence-corrected chi connectivity index (χ1v) is 12.4. The fraction of sp³-hybridized carbons (Fsp3) is 0.240. The van der Waals surface area contributed by atoms with Crippen molar-refractivity contribution in [2.45, 2.75) is 11.8 Å². The number of benzene rings is 3. The van der Waals surface area contributed by atoms with Gasteiger partial charge in [0, 0.05) is 25.2 Å². The van der Waals surface area contributed by atoms with Crippen LogP contribution in [0.5, 0.6) is 0 Å². The molecule has 32 heavy (non-hydrogen) atoms. The Balaban J connectivity index is 1.45. The molecule has 0 aliphatic carbocycles. The number of H-pyrrole nitrogens is 1. The number of hydrogen-bond acceptors (Lipinski definition) is 4. The van der Waals surface area contributed by atoms with Crippen molar-refractivity contribution in [3.05, 3.63) is 90.4 Å². The zero-order chi connectivity index (χ0) is 22.1. The van der Waals surface area contributed by atoms with Gasteiger partial charge in [0.25, 0.3) is 0 Å². The monoisotopic (exact) mass is 446 g/mol. The summed E-state index contributed by atoms with van der Waals surface area (Å²) in [5.74, 6) is 0.670. The van der Waals surface area contributed by atoms with Gasteiger partial charge in [0.05, 0.1) is 23.7 Å². The van der Waals surface area contributed by atoms with E-state index in [-0.39, 0.29) is 11.8 Å². The van der Waals surface area contributed by atoms with Gasteiger partial charge in [-0.25, -0.2) is 13.4 Å². The molecule has 3 aromatic carbocycles. The largest absolute Gasteiger partial charge is 0.341 e. The molecule has 164 valence electrons. The summed E-state index contributed by atoms with van der Waals surface area (Å²) in [7, 11) is -1.48. The fourth-order valence-electron chi connectivity index (χ4n) is 4.34. The molecule has 0 saturated carbocycles. The van der Waals surface area contributed by atoms with Gasteiger partial charge < -0.3 is 9.88 Å². The molecule has 1 N–H and O–H groups in total. The van der Waals surface area contributed by atoms with Crippen LogP contribution in [0.2, 0.25) is 0 Å². The number of piperazine rings is 1. The van der Waals surface area contributed by atoms with Crippen LogP contribution < -0.4 is 0 Å². The Kier molecular flexibility index (Phi) is 5.55. The van der Waals surface area contributed by atoms with Gasteiger partial charge >= 0.3 is 0 Å². The lowest BCUT2D eigenvalue weighted by atomic mass is 10.1. The van der Waals surface area contributed by atoms with E-state index in [1.807, 2.05) is 49.5 Å². The van der Waals surface area contributed by atoms with Crippen molar-refractivity contribution in [2.75, 3.05) is 26.7 Å².